The minimum Gasteiger partial charge on any atom is -0.367 e. The molecule has 1 aliphatic rings. The van der Waals surface area contributed by atoms with Crippen LogP contribution >= 0.6 is 23.2 Å². The maximum atomic E-state index is 12.4. The highest BCUT2D eigenvalue weighted by Gasteiger charge is 2.17. The molecular formula is C18H20Cl2N4O. The number of carbonyl (C=O) groups excluding carboxylic acids is 1. The monoisotopic (exact) mass is 378 g/mol. The van der Waals surface area contributed by atoms with Crippen molar-refractivity contribution in [1.82, 2.24) is 9.88 Å². The Hall–Kier alpha value is -1.82. The summed E-state index contributed by atoms with van der Waals surface area (Å²) in [5.41, 5.74) is 0.363. The largest absolute Gasteiger partial charge is 0.367 e. The molecule has 5 nitrogen and oxygen atoms in total. The molecule has 0 saturated carbocycles. The van der Waals surface area contributed by atoms with Gasteiger partial charge in [0.05, 0.1) is 10.6 Å². The average Bonchev–Trinajstić information content (AvgIpc) is 2.57. The summed E-state index contributed by atoms with van der Waals surface area (Å²) in [5, 5.41) is 7.02. The van der Waals surface area contributed by atoms with Gasteiger partial charge in [-0.15, -0.1) is 0 Å². The van der Waals surface area contributed by atoms with E-state index in [2.05, 4.69) is 27.6 Å². The van der Waals surface area contributed by atoms with Crippen LogP contribution in [0, 0.1) is 0 Å². The van der Waals surface area contributed by atoms with Crippen LogP contribution in [-0.4, -0.2) is 42.0 Å². The van der Waals surface area contributed by atoms with Crippen LogP contribution in [0.1, 0.15) is 23.2 Å². The molecule has 2 heterocycles. The number of aromatic nitrogens is 1. The molecule has 1 aromatic heterocycles. The molecule has 0 bridgehead atoms. The minimum absolute atomic E-state index is 0.311. The summed E-state index contributed by atoms with van der Waals surface area (Å²) in [6.45, 7) is 2.15. The molecule has 25 heavy (non-hydrogen) atoms. The summed E-state index contributed by atoms with van der Waals surface area (Å²) in [6, 6.07) is 10.7. The standard InChI is InChI=1S/C18H20Cl2N4O/c1-24-9-7-13(8-10-24)21-16-3-2-4-17(22-16)23-18(25)14-6-5-12(19)11-15(14)20/h2-6,11,13H,7-10H2,1H3,(H2,21,22,23,25). The van der Waals surface area contributed by atoms with Crippen LogP contribution in [0.25, 0.3) is 0 Å². The van der Waals surface area contributed by atoms with E-state index in [1.807, 2.05) is 12.1 Å². The molecule has 0 radical (unpaired) electrons. The van der Waals surface area contributed by atoms with Gasteiger partial charge in [-0.3, -0.25) is 4.79 Å². The Morgan fingerprint density at radius 3 is 2.60 bits per heavy atom. The lowest BCUT2D eigenvalue weighted by Crippen LogP contribution is -2.36. The number of carbonyl (C=O) groups is 1. The van der Waals surface area contributed by atoms with Crippen molar-refractivity contribution in [2.75, 3.05) is 30.8 Å². The number of pyridine rings is 1. The molecule has 1 amide bonds. The zero-order chi connectivity index (χ0) is 17.8. The fourth-order valence-electron chi connectivity index (χ4n) is 2.80. The maximum Gasteiger partial charge on any atom is 0.258 e. The number of rotatable bonds is 4. The third-order valence-electron chi connectivity index (χ3n) is 4.24. The third-order valence-corrected chi connectivity index (χ3v) is 4.78. The molecule has 0 aliphatic carbocycles. The number of likely N-dealkylation sites (tertiary alicyclic amines) is 1. The van der Waals surface area contributed by atoms with Gasteiger partial charge in [-0.05, 0) is 63.3 Å². The Labute approximate surface area is 157 Å². The highest BCUT2D eigenvalue weighted by molar-refractivity contribution is 6.37. The highest BCUT2D eigenvalue weighted by Crippen LogP contribution is 2.22. The average molecular weight is 379 g/mol. The molecule has 1 saturated heterocycles. The lowest BCUT2D eigenvalue weighted by molar-refractivity contribution is 0.102. The van der Waals surface area contributed by atoms with Crippen LogP contribution in [0.5, 0.6) is 0 Å². The van der Waals surface area contributed by atoms with Crippen molar-refractivity contribution in [3.8, 4) is 0 Å². The smallest absolute Gasteiger partial charge is 0.258 e. The maximum absolute atomic E-state index is 12.4. The SMILES string of the molecule is CN1CCC(Nc2cccc(NC(=O)c3ccc(Cl)cc3Cl)n2)CC1. The molecule has 2 aromatic rings. The minimum atomic E-state index is -0.314. The number of nitrogens with zero attached hydrogens (tertiary/aromatic N) is 2. The summed E-state index contributed by atoms with van der Waals surface area (Å²) in [7, 11) is 2.13. The summed E-state index contributed by atoms with van der Waals surface area (Å²) < 4.78 is 0. The first-order chi connectivity index (χ1) is 12.0. The van der Waals surface area contributed by atoms with E-state index in [0.717, 1.165) is 31.7 Å². The topological polar surface area (TPSA) is 57.3 Å². The lowest BCUT2D eigenvalue weighted by atomic mass is 10.1. The van der Waals surface area contributed by atoms with Crippen LogP contribution in [0.2, 0.25) is 10.0 Å². The van der Waals surface area contributed by atoms with Gasteiger partial charge in [-0.1, -0.05) is 29.3 Å². The molecule has 0 unspecified atom stereocenters. The molecule has 1 aromatic carbocycles. The first kappa shape index (κ1) is 18.0. The zero-order valence-electron chi connectivity index (χ0n) is 13.9. The number of benzene rings is 1. The van der Waals surface area contributed by atoms with E-state index < -0.39 is 0 Å². The number of amides is 1. The Bertz CT molecular complexity index is 760. The second-order valence-corrected chi connectivity index (χ2v) is 7.05. The van der Waals surface area contributed by atoms with Crippen LogP contribution in [0.15, 0.2) is 36.4 Å². The van der Waals surface area contributed by atoms with Crippen molar-refractivity contribution in [3.63, 3.8) is 0 Å². The van der Waals surface area contributed by atoms with Gasteiger partial charge in [0.2, 0.25) is 0 Å². The van der Waals surface area contributed by atoms with Gasteiger partial charge in [0.25, 0.3) is 5.91 Å². The summed E-state index contributed by atoms with van der Waals surface area (Å²) in [5.74, 6) is 0.925. The molecule has 7 heteroatoms. The fraction of sp³-hybridized carbons (Fsp3) is 0.333. The van der Waals surface area contributed by atoms with Gasteiger partial charge >= 0.3 is 0 Å². The second-order valence-electron chi connectivity index (χ2n) is 6.21. The van der Waals surface area contributed by atoms with E-state index in [1.165, 1.54) is 0 Å². The molecular weight excluding hydrogens is 359 g/mol. The van der Waals surface area contributed by atoms with Crippen molar-refractivity contribution in [2.24, 2.45) is 0 Å². The van der Waals surface area contributed by atoms with Crippen molar-refractivity contribution >= 4 is 40.7 Å². The Kier molecular flexibility index (Phi) is 5.78. The molecule has 1 fully saturated rings. The Morgan fingerprint density at radius 2 is 1.88 bits per heavy atom. The van der Waals surface area contributed by atoms with Gasteiger partial charge in [-0.2, -0.15) is 0 Å². The van der Waals surface area contributed by atoms with Crippen molar-refractivity contribution in [3.05, 3.63) is 52.0 Å². The summed E-state index contributed by atoms with van der Waals surface area (Å²) >= 11 is 11.9. The second kappa shape index (κ2) is 8.04. The van der Waals surface area contributed by atoms with Crippen LogP contribution in [0.3, 0.4) is 0 Å². The van der Waals surface area contributed by atoms with Crippen LogP contribution < -0.4 is 10.6 Å². The van der Waals surface area contributed by atoms with E-state index in [4.69, 9.17) is 23.2 Å². The van der Waals surface area contributed by atoms with Crippen molar-refractivity contribution < 1.29 is 4.79 Å². The number of piperidine rings is 1. The van der Waals surface area contributed by atoms with Gasteiger partial charge in [0.1, 0.15) is 11.6 Å². The molecule has 3 rings (SSSR count). The quantitative estimate of drug-likeness (QED) is 0.838. The lowest BCUT2D eigenvalue weighted by Gasteiger charge is -2.29. The molecule has 1 aliphatic heterocycles. The molecule has 2 N–H and O–H groups in total. The first-order valence-corrected chi connectivity index (χ1v) is 8.95. The highest BCUT2D eigenvalue weighted by atomic mass is 35.5. The van der Waals surface area contributed by atoms with E-state index in [-0.39, 0.29) is 5.91 Å². The van der Waals surface area contributed by atoms with Gasteiger partial charge in [0.15, 0.2) is 0 Å². The van der Waals surface area contributed by atoms with Gasteiger partial charge < -0.3 is 15.5 Å². The number of hydrogen-bond donors (Lipinski definition) is 2. The first-order valence-electron chi connectivity index (χ1n) is 8.20. The Balaban J connectivity index is 1.66. The molecule has 0 atom stereocenters. The Morgan fingerprint density at radius 1 is 1.16 bits per heavy atom. The fourth-order valence-corrected chi connectivity index (χ4v) is 3.30. The summed E-state index contributed by atoms with van der Waals surface area (Å²) in [6.07, 6.45) is 2.16. The van der Waals surface area contributed by atoms with Crippen molar-refractivity contribution in [1.29, 1.82) is 0 Å². The van der Waals surface area contributed by atoms with Gasteiger partial charge in [-0.25, -0.2) is 4.98 Å². The predicted octanol–water partition coefficient (Wildman–Crippen LogP) is 4.15. The van der Waals surface area contributed by atoms with E-state index >= 15 is 0 Å². The zero-order valence-corrected chi connectivity index (χ0v) is 15.4. The van der Waals surface area contributed by atoms with Crippen LogP contribution in [0.4, 0.5) is 11.6 Å². The third kappa shape index (κ3) is 4.84. The van der Waals surface area contributed by atoms with E-state index in [0.29, 0.717) is 27.5 Å². The number of nitrogens with one attached hydrogen (secondary N) is 2. The van der Waals surface area contributed by atoms with E-state index in [9.17, 15) is 4.79 Å². The summed E-state index contributed by atoms with van der Waals surface area (Å²) in [4.78, 5) is 19.2. The molecule has 0 spiro atoms. The van der Waals surface area contributed by atoms with Crippen LogP contribution in [-0.2, 0) is 0 Å². The number of hydrogen-bond acceptors (Lipinski definition) is 4. The predicted molar refractivity (Wildman–Crippen MR) is 103 cm³/mol. The van der Waals surface area contributed by atoms with E-state index in [1.54, 1.807) is 24.3 Å². The normalized spacial score (nSPS) is 15.8. The number of halogens is 2. The molecule has 132 valence electrons. The number of anilines is 2. The van der Waals surface area contributed by atoms with Crippen molar-refractivity contribution in [2.45, 2.75) is 18.9 Å². The van der Waals surface area contributed by atoms with Gasteiger partial charge in [0, 0.05) is 11.1 Å².